The molecule has 4 heteroatoms. The van der Waals surface area contributed by atoms with E-state index in [1.807, 2.05) is 6.92 Å². The van der Waals surface area contributed by atoms with Crippen LogP contribution in [0, 0.1) is 5.92 Å². The average Bonchev–Trinajstić information content (AvgIpc) is 2.32. The molecular weight excluding hydrogens is 206 g/mol. The van der Waals surface area contributed by atoms with Crippen molar-refractivity contribution in [3.05, 3.63) is 17.7 Å². The second-order valence-electron chi connectivity index (χ2n) is 3.66. The highest BCUT2D eigenvalue weighted by Crippen LogP contribution is 2.37. The summed E-state index contributed by atoms with van der Waals surface area (Å²) in [5.74, 6) is 1.02. The molecule has 1 aromatic rings. The zero-order valence-electron chi connectivity index (χ0n) is 9.48. The van der Waals surface area contributed by atoms with E-state index in [-0.39, 0.29) is 11.7 Å². The Hall–Kier alpha value is -1.84. The van der Waals surface area contributed by atoms with Gasteiger partial charge in [-0.15, -0.1) is 0 Å². The van der Waals surface area contributed by atoms with Gasteiger partial charge in [-0.1, -0.05) is 6.92 Å². The van der Waals surface area contributed by atoms with E-state index in [2.05, 4.69) is 4.99 Å². The summed E-state index contributed by atoms with van der Waals surface area (Å²) >= 11 is 0. The van der Waals surface area contributed by atoms with Crippen molar-refractivity contribution in [1.29, 1.82) is 0 Å². The normalized spacial score (nSPS) is 18.2. The van der Waals surface area contributed by atoms with Crippen molar-refractivity contribution in [2.24, 2.45) is 10.9 Å². The van der Waals surface area contributed by atoms with Crippen LogP contribution >= 0.6 is 0 Å². The van der Waals surface area contributed by atoms with Crippen LogP contribution in [-0.2, 0) is 0 Å². The molecule has 0 amide bonds. The number of Topliss-reactive ketones (excluding diaryl/α,β-unsaturated/α-hetero) is 1. The highest BCUT2D eigenvalue weighted by Gasteiger charge is 2.23. The minimum Gasteiger partial charge on any atom is -0.493 e. The van der Waals surface area contributed by atoms with Gasteiger partial charge in [-0.25, -0.2) is 0 Å². The first-order valence-electron chi connectivity index (χ1n) is 5.01. The van der Waals surface area contributed by atoms with Crippen molar-refractivity contribution in [2.75, 3.05) is 14.2 Å². The Morgan fingerprint density at radius 1 is 1.19 bits per heavy atom. The summed E-state index contributed by atoms with van der Waals surface area (Å²) in [6.07, 6.45) is 1.65. The fraction of sp³-hybridized carbons (Fsp3) is 0.333. The average molecular weight is 219 g/mol. The molecule has 0 N–H and O–H groups in total. The summed E-state index contributed by atoms with van der Waals surface area (Å²) in [7, 11) is 3.10. The van der Waals surface area contributed by atoms with Crippen LogP contribution in [0.1, 0.15) is 17.3 Å². The number of nitrogens with zero attached hydrogens (tertiary/aromatic N) is 1. The third-order valence-electron chi connectivity index (χ3n) is 2.62. The van der Waals surface area contributed by atoms with E-state index in [0.29, 0.717) is 22.7 Å². The molecule has 0 saturated heterocycles. The predicted octanol–water partition coefficient (Wildman–Crippen LogP) is 2.24. The molecule has 1 atom stereocenters. The fourth-order valence-electron chi connectivity index (χ4n) is 1.68. The first kappa shape index (κ1) is 10.7. The van der Waals surface area contributed by atoms with Gasteiger partial charge < -0.3 is 9.47 Å². The van der Waals surface area contributed by atoms with Crippen molar-refractivity contribution < 1.29 is 14.3 Å². The third kappa shape index (κ3) is 1.56. The number of rotatable bonds is 2. The number of ketones is 1. The summed E-state index contributed by atoms with van der Waals surface area (Å²) in [5, 5.41) is 0. The van der Waals surface area contributed by atoms with Crippen LogP contribution in [0.15, 0.2) is 17.1 Å². The van der Waals surface area contributed by atoms with Gasteiger partial charge in [-0.05, 0) is 6.07 Å². The molecule has 16 heavy (non-hydrogen) atoms. The Morgan fingerprint density at radius 3 is 2.44 bits per heavy atom. The van der Waals surface area contributed by atoms with E-state index in [9.17, 15) is 4.79 Å². The van der Waals surface area contributed by atoms with Crippen molar-refractivity contribution in [1.82, 2.24) is 0 Å². The van der Waals surface area contributed by atoms with E-state index >= 15 is 0 Å². The maximum atomic E-state index is 11.9. The number of fused-ring (bicyclic) bond motifs is 1. The lowest BCUT2D eigenvalue weighted by molar-refractivity contribution is 0.0962. The summed E-state index contributed by atoms with van der Waals surface area (Å²) in [4.78, 5) is 16.1. The molecule has 0 aliphatic carbocycles. The molecule has 0 radical (unpaired) electrons. The number of carbonyl (C=O) groups excluding carboxylic acids is 1. The second kappa shape index (κ2) is 3.96. The summed E-state index contributed by atoms with van der Waals surface area (Å²) < 4.78 is 10.3. The first-order chi connectivity index (χ1) is 7.67. The Bertz CT molecular complexity index is 466. The van der Waals surface area contributed by atoms with Gasteiger partial charge in [0.25, 0.3) is 0 Å². The molecule has 0 bridgehead atoms. The maximum Gasteiger partial charge on any atom is 0.173 e. The highest BCUT2D eigenvalue weighted by atomic mass is 16.5. The van der Waals surface area contributed by atoms with Gasteiger partial charge in [0.05, 0.1) is 25.8 Å². The molecule has 0 aromatic heterocycles. The summed E-state index contributed by atoms with van der Waals surface area (Å²) in [5.41, 5.74) is 1.23. The van der Waals surface area contributed by atoms with Crippen LogP contribution in [0.2, 0.25) is 0 Å². The van der Waals surface area contributed by atoms with Gasteiger partial charge in [0.2, 0.25) is 0 Å². The Kier molecular flexibility index (Phi) is 2.64. The number of methoxy groups -OCH3 is 2. The molecule has 0 spiro atoms. The lowest BCUT2D eigenvalue weighted by Gasteiger charge is -2.16. The van der Waals surface area contributed by atoms with Gasteiger partial charge in [-0.2, -0.15) is 0 Å². The van der Waals surface area contributed by atoms with Crippen molar-refractivity contribution in [3.63, 3.8) is 0 Å². The molecule has 84 valence electrons. The maximum absolute atomic E-state index is 11.9. The van der Waals surface area contributed by atoms with E-state index in [4.69, 9.17) is 9.47 Å². The topological polar surface area (TPSA) is 47.9 Å². The monoisotopic (exact) mass is 219 g/mol. The van der Waals surface area contributed by atoms with Crippen LogP contribution in [0.4, 0.5) is 5.69 Å². The number of hydrogen-bond acceptors (Lipinski definition) is 4. The van der Waals surface area contributed by atoms with Gasteiger partial charge in [-0.3, -0.25) is 9.79 Å². The zero-order chi connectivity index (χ0) is 11.7. The molecule has 0 fully saturated rings. The van der Waals surface area contributed by atoms with Gasteiger partial charge in [0, 0.05) is 17.8 Å². The quantitative estimate of drug-likeness (QED) is 0.766. The Labute approximate surface area is 93.9 Å². The van der Waals surface area contributed by atoms with Crippen molar-refractivity contribution in [2.45, 2.75) is 6.92 Å². The Morgan fingerprint density at radius 2 is 1.81 bits per heavy atom. The molecular formula is C12H13NO3. The van der Waals surface area contributed by atoms with Crippen molar-refractivity contribution >= 4 is 17.7 Å². The molecule has 1 aliphatic heterocycles. The fourth-order valence-corrected chi connectivity index (χ4v) is 1.68. The van der Waals surface area contributed by atoms with Crippen LogP contribution in [-0.4, -0.2) is 26.2 Å². The molecule has 1 heterocycles. The Balaban J connectivity index is 2.59. The summed E-state index contributed by atoms with van der Waals surface area (Å²) in [6.45, 7) is 1.82. The van der Waals surface area contributed by atoms with Crippen molar-refractivity contribution in [3.8, 4) is 11.5 Å². The highest BCUT2D eigenvalue weighted by molar-refractivity contribution is 6.12. The number of aliphatic imine (C=N–C) groups is 1. The van der Waals surface area contributed by atoms with E-state index in [1.165, 1.54) is 0 Å². The molecule has 1 aliphatic rings. The van der Waals surface area contributed by atoms with Gasteiger partial charge >= 0.3 is 0 Å². The van der Waals surface area contributed by atoms with E-state index in [0.717, 1.165) is 0 Å². The second-order valence-corrected chi connectivity index (χ2v) is 3.66. The van der Waals surface area contributed by atoms with Gasteiger partial charge in [0.15, 0.2) is 17.3 Å². The minimum atomic E-state index is -0.175. The zero-order valence-corrected chi connectivity index (χ0v) is 9.48. The van der Waals surface area contributed by atoms with E-state index < -0.39 is 0 Å². The van der Waals surface area contributed by atoms with Crippen LogP contribution in [0.25, 0.3) is 0 Å². The lowest BCUT2D eigenvalue weighted by Crippen LogP contribution is -2.16. The van der Waals surface area contributed by atoms with Crippen LogP contribution in [0.3, 0.4) is 0 Å². The first-order valence-corrected chi connectivity index (χ1v) is 5.01. The molecule has 1 aromatic carbocycles. The number of hydrogen-bond donors (Lipinski definition) is 0. The molecule has 2 rings (SSSR count). The number of carbonyl (C=O) groups is 1. The molecule has 0 saturated carbocycles. The van der Waals surface area contributed by atoms with E-state index in [1.54, 1.807) is 32.6 Å². The molecule has 1 unspecified atom stereocenters. The number of ether oxygens (including phenoxy) is 2. The van der Waals surface area contributed by atoms with Gasteiger partial charge in [0.1, 0.15) is 0 Å². The SMILES string of the molecule is COc1cc2c(cc1OC)C(=O)C(C)C=N2. The smallest absolute Gasteiger partial charge is 0.173 e. The summed E-state index contributed by atoms with van der Waals surface area (Å²) in [6, 6.07) is 3.40. The largest absolute Gasteiger partial charge is 0.493 e. The minimum absolute atomic E-state index is 0.0611. The van der Waals surface area contributed by atoms with Crippen LogP contribution in [0.5, 0.6) is 11.5 Å². The number of benzene rings is 1. The van der Waals surface area contributed by atoms with Crippen LogP contribution < -0.4 is 9.47 Å². The third-order valence-corrected chi connectivity index (χ3v) is 2.62. The predicted molar refractivity (Wildman–Crippen MR) is 61.2 cm³/mol. The standard InChI is InChI=1S/C12H13NO3/c1-7-6-13-9-5-11(16-3)10(15-2)4-8(9)12(7)14/h4-7H,1-3H3. The molecule has 4 nitrogen and oxygen atoms in total. The lowest BCUT2D eigenvalue weighted by atomic mass is 9.96.